The van der Waals surface area contributed by atoms with Gasteiger partial charge in [0.15, 0.2) is 0 Å². The van der Waals surface area contributed by atoms with E-state index in [0.717, 1.165) is 6.92 Å². The fourth-order valence-corrected chi connectivity index (χ4v) is 0.766. The molecule has 10 heavy (non-hydrogen) atoms. The standard InChI is InChI=1S/C3H6ClO5P/c1-2(5)3(6)9-10(4,7)8/h2,5H,1H3,(H,7,8). The number of aliphatic hydroxyl groups excluding tert-OH is 1. The van der Waals surface area contributed by atoms with Gasteiger partial charge in [0.2, 0.25) is 0 Å². The summed E-state index contributed by atoms with van der Waals surface area (Å²) in [7, 11) is 0. The molecule has 0 aliphatic rings. The molecule has 0 radical (unpaired) electrons. The predicted octanol–water partition coefficient (Wildman–Crippen LogP) is 0.250. The van der Waals surface area contributed by atoms with Crippen LogP contribution >= 0.6 is 18.2 Å². The van der Waals surface area contributed by atoms with Crippen molar-refractivity contribution < 1.29 is 23.9 Å². The third kappa shape index (κ3) is 4.76. The molecule has 0 rings (SSSR count). The van der Waals surface area contributed by atoms with Gasteiger partial charge in [0.05, 0.1) is 0 Å². The summed E-state index contributed by atoms with van der Waals surface area (Å²) < 4.78 is 13.8. The van der Waals surface area contributed by atoms with Crippen molar-refractivity contribution in [2.24, 2.45) is 0 Å². The summed E-state index contributed by atoms with van der Waals surface area (Å²) in [6.45, 7) is -3.22. The number of carbonyl (C=O) groups excluding carboxylic acids is 1. The lowest BCUT2D eigenvalue weighted by atomic mass is 10.4. The van der Waals surface area contributed by atoms with Gasteiger partial charge in [-0.05, 0) is 6.92 Å². The zero-order valence-corrected chi connectivity index (χ0v) is 6.67. The van der Waals surface area contributed by atoms with E-state index in [0.29, 0.717) is 0 Å². The summed E-state index contributed by atoms with van der Waals surface area (Å²) in [5.41, 5.74) is 0. The molecular formula is C3H6ClO5P. The molecule has 0 aliphatic carbocycles. The van der Waals surface area contributed by atoms with E-state index in [-0.39, 0.29) is 0 Å². The molecule has 5 nitrogen and oxygen atoms in total. The van der Waals surface area contributed by atoms with Crippen LogP contribution in [0.2, 0.25) is 0 Å². The summed E-state index contributed by atoms with van der Waals surface area (Å²) in [6, 6.07) is 0. The van der Waals surface area contributed by atoms with E-state index < -0.39 is 19.0 Å². The highest BCUT2D eigenvalue weighted by Crippen LogP contribution is 2.47. The van der Waals surface area contributed by atoms with Gasteiger partial charge < -0.3 is 14.5 Å². The van der Waals surface area contributed by atoms with Crippen LogP contribution in [0.5, 0.6) is 0 Å². The topological polar surface area (TPSA) is 83.8 Å². The Kier molecular flexibility index (Phi) is 3.31. The minimum Gasteiger partial charge on any atom is -0.382 e. The molecule has 0 amide bonds. The number of aliphatic hydroxyl groups is 1. The first-order valence-corrected chi connectivity index (χ1v) is 4.75. The van der Waals surface area contributed by atoms with Crippen molar-refractivity contribution in [2.45, 2.75) is 13.0 Å². The van der Waals surface area contributed by atoms with Crippen LogP contribution in [0.3, 0.4) is 0 Å². The Morgan fingerprint density at radius 2 is 2.20 bits per heavy atom. The lowest BCUT2D eigenvalue weighted by Gasteiger charge is -2.05. The molecule has 2 unspecified atom stereocenters. The Labute approximate surface area is 61.9 Å². The fraction of sp³-hybridized carbons (Fsp3) is 0.667. The molecule has 0 aromatic carbocycles. The molecule has 0 aliphatic heterocycles. The van der Waals surface area contributed by atoms with Gasteiger partial charge in [0.1, 0.15) is 6.10 Å². The average Bonchev–Trinajstić information content (AvgIpc) is 1.60. The Hall–Kier alpha value is -0.0900. The van der Waals surface area contributed by atoms with Gasteiger partial charge in [0, 0.05) is 11.2 Å². The summed E-state index contributed by atoms with van der Waals surface area (Å²) in [5.74, 6) is -1.22. The third-order valence-electron chi connectivity index (χ3n) is 0.544. The second-order valence-electron chi connectivity index (χ2n) is 1.54. The molecule has 0 heterocycles. The zero-order chi connectivity index (χ0) is 8.36. The first-order valence-electron chi connectivity index (χ1n) is 2.27. The molecule has 0 saturated carbocycles. The number of rotatable bonds is 2. The van der Waals surface area contributed by atoms with Crippen LogP contribution in [0, 0.1) is 0 Å². The summed E-state index contributed by atoms with van der Waals surface area (Å²) in [6.07, 6.45) is -1.45. The first-order chi connectivity index (χ1) is 4.33. The SMILES string of the molecule is CC(O)C(=O)OP(=O)(O)Cl. The van der Waals surface area contributed by atoms with Crippen LogP contribution in [-0.4, -0.2) is 22.1 Å². The quantitative estimate of drug-likeness (QED) is 0.607. The van der Waals surface area contributed by atoms with Crippen LogP contribution in [0.1, 0.15) is 6.92 Å². The summed E-state index contributed by atoms with van der Waals surface area (Å²) >= 11 is 4.63. The van der Waals surface area contributed by atoms with E-state index in [9.17, 15) is 9.36 Å². The molecule has 0 saturated heterocycles. The van der Waals surface area contributed by atoms with Crippen molar-refractivity contribution in [3.05, 3.63) is 0 Å². The molecule has 2 atom stereocenters. The van der Waals surface area contributed by atoms with Crippen LogP contribution in [0.4, 0.5) is 0 Å². The normalized spacial score (nSPS) is 19.2. The Morgan fingerprint density at radius 3 is 2.30 bits per heavy atom. The average molecular weight is 189 g/mol. The van der Waals surface area contributed by atoms with Crippen molar-refractivity contribution in [3.63, 3.8) is 0 Å². The third-order valence-corrected chi connectivity index (χ3v) is 1.16. The number of hydrogen-bond acceptors (Lipinski definition) is 4. The van der Waals surface area contributed by atoms with Crippen LogP contribution in [-0.2, 0) is 13.9 Å². The van der Waals surface area contributed by atoms with Crippen LogP contribution < -0.4 is 0 Å². The number of carbonyl (C=O) groups is 1. The minimum absolute atomic E-state index is 1.09. The molecule has 0 spiro atoms. The van der Waals surface area contributed by atoms with Crippen molar-refractivity contribution in [3.8, 4) is 0 Å². The lowest BCUT2D eigenvalue weighted by Crippen LogP contribution is -2.17. The minimum atomic E-state index is -4.31. The van der Waals surface area contributed by atoms with Gasteiger partial charge in [-0.3, -0.25) is 0 Å². The molecule has 0 aromatic rings. The van der Waals surface area contributed by atoms with E-state index in [1.807, 2.05) is 0 Å². The van der Waals surface area contributed by atoms with Gasteiger partial charge in [-0.2, -0.15) is 0 Å². The number of hydrogen-bond donors (Lipinski definition) is 2. The van der Waals surface area contributed by atoms with Gasteiger partial charge >= 0.3 is 12.9 Å². The highest BCUT2D eigenvalue weighted by Gasteiger charge is 2.22. The Balaban J connectivity index is 3.94. The van der Waals surface area contributed by atoms with Gasteiger partial charge in [-0.15, -0.1) is 0 Å². The number of halogens is 1. The molecule has 0 aromatic heterocycles. The highest BCUT2D eigenvalue weighted by molar-refractivity contribution is 7.80. The molecule has 0 bridgehead atoms. The van der Waals surface area contributed by atoms with E-state index in [1.165, 1.54) is 0 Å². The molecular weight excluding hydrogens is 182 g/mol. The first kappa shape index (κ1) is 9.91. The maximum atomic E-state index is 10.3. The van der Waals surface area contributed by atoms with E-state index in [4.69, 9.17) is 10.00 Å². The van der Waals surface area contributed by atoms with Crippen molar-refractivity contribution in [2.75, 3.05) is 0 Å². The second kappa shape index (κ2) is 3.34. The second-order valence-corrected chi connectivity index (χ2v) is 3.90. The molecule has 7 heteroatoms. The van der Waals surface area contributed by atoms with Gasteiger partial charge in [-0.1, -0.05) is 0 Å². The van der Waals surface area contributed by atoms with Crippen LogP contribution in [0.25, 0.3) is 0 Å². The maximum Gasteiger partial charge on any atom is 0.476 e. The highest BCUT2D eigenvalue weighted by atomic mass is 35.7. The lowest BCUT2D eigenvalue weighted by molar-refractivity contribution is -0.142. The summed E-state index contributed by atoms with van der Waals surface area (Å²) in [5, 5.41) is 8.42. The molecule has 60 valence electrons. The van der Waals surface area contributed by atoms with E-state index in [2.05, 4.69) is 15.8 Å². The largest absolute Gasteiger partial charge is 0.476 e. The summed E-state index contributed by atoms with van der Waals surface area (Å²) in [4.78, 5) is 18.5. The van der Waals surface area contributed by atoms with E-state index >= 15 is 0 Å². The maximum absolute atomic E-state index is 10.3. The zero-order valence-electron chi connectivity index (χ0n) is 5.02. The van der Waals surface area contributed by atoms with Crippen molar-refractivity contribution in [1.29, 1.82) is 0 Å². The van der Waals surface area contributed by atoms with E-state index in [1.54, 1.807) is 0 Å². The van der Waals surface area contributed by atoms with Gasteiger partial charge in [-0.25, -0.2) is 9.36 Å². The van der Waals surface area contributed by atoms with Gasteiger partial charge in [0.25, 0.3) is 0 Å². The van der Waals surface area contributed by atoms with Crippen molar-refractivity contribution >= 4 is 24.2 Å². The van der Waals surface area contributed by atoms with Crippen LogP contribution in [0.15, 0.2) is 0 Å². The monoisotopic (exact) mass is 188 g/mol. The fourth-order valence-electron chi connectivity index (χ4n) is 0.187. The smallest absolute Gasteiger partial charge is 0.382 e. The molecule has 2 N–H and O–H groups in total. The molecule has 0 fully saturated rings. The Morgan fingerprint density at radius 1 is 1.80 bits per heavy atom. The van der Waals surface area contributed by atoms with Crippen molar-refractivity contribution in [1.82, 2.24) is 0 Å². The predicted molar refractivity (Wildman–Crippen MR) is 33.5 cm³/mol. The Bertz CT molecular complexity index is 172.